The van der Waals surface area contributed by atoms with E-state index in [4.69, 9.17) is 9.15 Å². The fraction of sp³-hybridized carbons (Fsp3) is 0.261. The lowest BCUT2D eigenvalue weighted by Crippen LogP contribution is -2.48. The van der Waals surface area contributed by atoms with Gasteiger partial charge in [0.15, 0.2) is 17.4 Å². The summed E-state index contributed by atoms with van der Waals surface area (Å²) in [5, 5.41) is 0. The number of amides is 1. The van der Waals surface area contributed by atoms with Crippen molar-refractivity contribution < 1.29 is 27.1 Å². The molecule has 1 fully saturated rings. The highest BCUT2D eigenvalue weighted by Crippen LogP contribution is 2.18. The fourth-order valence-electron chi connectivity index (χ4n) is 3.43. The number of piperazine rings is 1. The Hall–Kier alpha value is -3.26. The maximum absolute atomic E-state index is 13.9. The van der Waals surface area contributed by atoms with Crippen molar-refractivity contribution in [1.29, 1.82) is 0 Å². The molecule has 31 heavy (non-hydrogen) atoms. The predicted octanol–water partition coefficient (Wildman–Crippen LogP) is 4.23. The van der Waals surface area contributed by atoms with E-state index in [2.05, 4.69) is 0 Å². The van der Waals surface area contributed by atoms with Crippen LogP contribution < -0.4 is 4.74 Å². The largest absolute Gasteiger partial charge is 0.486 e. The first-order chi connectivity index (χ1) is 15.0. The van der Waals surface area contributed by atoms with E-state index in [0.717, 1.165) is 6.07 Å². The Balaban J connectivity index is 1.28. The van der Waals surface area contributed by atoms with E-state index in [9.17, 15) is 18.0 Å². The van der Waals surface area contributed by atoms with Crippen molar-refractivity contribution in [3.8, 4) is 5.75 Å². The second-order valence-electron chi connectivity index (χ2n) is 7.29. The number of nitrogens with zero attached hydrogens (tertiary/aromatic N) is 2. The van der Waals surface area contributed by atoms with Gasteiger partial charge < -0.3 is 14.1 Å². The van der Waals surface area contributed by atoms with Gasteiger partial charge in [-0.15, -0.1) is 0 Å². The maximum atomic E-state index is 13.9. The Morgan fingerprint density at radius 1 is 0.935 bits per heavy atom. The predicted molar refractivity (Wildman–Crippen MR) is 107 cm³/mol. The number of benzene rings is 2. The molecule has 0 spiro atoms. The lowest BCUT2D eigenvalue weighted by molar-refractivity contribution is 0.0592. The molecule has 1 aromatic heterocycles. The van der Waals surface area contributed by atoms with Crippen LogP contribution in [0.25, 0.3) is 0 Å². The summed E-state index contributed by atoms with van der Waals surface area (Å²) in [5.74, 6) is -1.08. The maximum Gasteiger partial charge on any atom is 0.289 e. The molecule has 0 radical (unpaired) electrons. The molecular formula is C23H21F3N2O3. The summed E-state index contributed by atoms with van der Waals surface area (Å²) in [6.45, 7) is 2.41. The normalized spacial score (nSPS) is 14.6. The van der Waals surface area contributed by atoms with Crippen molar-refractivity contribution in [2.45, 2.75) is 13.2 Å². The molecule has 0 N–H and O–H groups in total. The highest BCUT2D eigenvalue weighted by Gasteiger charge is 2.25. The minimum Gasteiger partial charge on any atom is -0.486 e. The lowest BCUT2D eigenvalue weighted by atomic mass is 10.1. The third kappa shape index (κ3) is 5.08. The minimum absolute atomic E-state index is 0.117. The number of carbonyl (C=O) groups is 1. The van der Waals surface area contributed by atoms with E-state index >= 15 is 0 Å². The van der Waals surface area contributed by atoms with Crippen LogP contribution in [0.15, 0.2) is 59.0 Å². The van der Waals surface area contributed by atoms with E-state index in [1.807, 2.05) is 4.90 Å². The second-order valence-corrected chi connectivity index (χ2v) is 7.29. The van der Waals surface area contributed by atoms with Crippen molar-refractivity contribution in [3.05, 3.63) is 89.1 Å². The monoisotopic (exact) mass is 430 g/mol. The smallest absolute Gasteiger partial charge is 0.289 e. The molecule has 1 saturated heterocycles. The van der Waals surface area contributed by atoms with Crippen molar-refractivity contribution >= 4 is 5.91 Å². The summed E-state index contributed by atoms with van der Waals surface area (Å²) in [6.07, 6.45) is 0. The van der Waals surface area contributed by atoms with Gasteiger partial charge in [-0.05, 0) is 42.5 Å². The fourth-order valence-corrected chi connectivity index (χ4v) is 3.43. The minimum atomic E-state index is -0.858. The number of hydrogen-bond acceptors (Lipinski definition) is 4. The first-order valence-electron chi connectivity index (χ1n) is 9.91. The van der Waals surface area contributed by atoms with Crippen LogP contribution in [0.2, 0.25) is 0 Å². The van der Waals surface area contributed by atoms with Crippen LogP contribution in [0.3, 0.4) is 0 Å². The van der Waals surface area contributed by atoms with Gasteiger partial charge in [0.1, 0.15) is 23.9 Å². The first-order valence-corrected chi connectivity index (χ1v) is 9.91. The van der Waals surface area contributed by atoms with Crippen molar-refractivity contribution in [1.82, 2.24) is 9.80 Å². The summed E-state index contributed by atoms with van der Waals surface area (Å²) in [7, 11) is 0. The van der Waals surface area contributed by atoms with Gasteiger partial charge in [-0.25, -0.2) is 13.2 Å². The molecule has 4 rings (SSSR count). The standard InChI is InChI=1S/C23H21F3N2O3/c24-17-4-6-18(7-5-17)30-15-19-8-9-21(31-19)23(29)28-12-10-27(11-13-28)14-16-2-1-3-20(25)22(16)26/h1-9H,10-15H2. The van der Waals surface area contributed by atoms with Gasteiger partial charge >= 0.3 is 0 Å². The highest BCUT2D eigenvalue weighted by atomic mass is 19.2. The third-order valence-corrected chi connectivity index (χ3v) is 5.15. The topological polar surface area (TPSA) is 45.9 Å². The molecule has 1 aliphatic heterocycles. The molecule has 8 heteroatoms. The van der Waals surface area contributed by atoms with E-state index in [1.165, 1.54) is 30.3 Å². The van der Waals surface area contributed by atoms with Crippen LogP contribution in [0, 0.1) is 17.5 Å². The SMILES string of the molecule is O=C(c1ccc(COc2ccc(F)cc2)o1)N1CCN(Cc2cccc(F)c2F)CC1. The van der Waals surface area contributed by atoms with Crippen LogP contribution in [-0.4, -0.2) is 41.9 Å². The van der Waals surface area contributed by atoms with Gasteiger partial charge in [0.2, 0.25) is 0 Å². The van der Waals surface area contributed by atoms with Crippen molar-refractivity contribution in [2.24, 2.45) is 0 Å². The Morgan fingerprint density at radius 2 is 1.68 bits per heavy atom. The Bertz CT molecular complexity index is 1040. The quantitative estimate of drug-likeness (QED) is 0.587. The number of furan rings is 1. The number of hydrogen-bond donors (Lipinski definition) is 0. The van der Waals surface area contributed by atoms with Gasteiger partial charge in [-0.1, -0.05) is 12.1 Å². The van der Waals surface area contributed by atoms with Gasteiger partial charge in [-0.3, -0.25) is 9.69 Å². The van der Waals surface area contributed by atoms with Crippen LogP contribution >= 0.6 is 0 Å². The molecule has 1 amide bonds. The molecule has 162 valence electrons. The van der Waals surface area contributed by atoms with E-state index < -0.39 is 11.6 Å². The average Bonchev–Trinajstić information content (AvgIpc) is 3.26. The van der Waals surface area contributed by atoms with Crippen LogP contribution in [-0.2, 0) is 13.2 Å². The molecular weight excluding hydrogens is 409 g/mol. The zero-order valence-corrected chi connectivity index (χ0v) is 16.7. The molecule has 0 atom stereocenters. The second kappa shape index (κ2) is 9.26. The Labute approximate surface area is 177 Å². The Kier molecular flexibility index (Phi) is 6.27. The molecule has 0 aliphatic carbocycles. The van der Waals surface area contributed by atoms with Gasteiger partial charge in [0.05, 0.1) is 0 Å². The molecule has 3 aromatic rings. The lowest BCUT2D eigenvalue weighted by Gasteiger charge is -2.34. The molecule has 2 heterocycles. The summed E-state index contributed by atoms with van der Waals surface area (Å²) < 4.78 is 51.3. The zero-order chi connectivity index (χ0) is 21.8. The van der Waals surface area contributed by atoms with Gasteiger partial charge in [0.25, 0.3) is 5.91 Å². The van der Waals surface area contributed by atoms with Crippen molar-refractivity contribution in [2.75, 3.05) is 26.2 Å². The highest BCUT2D eigenvalue weighted by molar-refractivity contribution is 5.91. The summed E-state index contributed by atoms with van der Waals surface area (Å²) in [4.78, 5) is 16.4. The van der Waals surface area contributed by atoms with E-state index in [1.54, 1.807) is 23.1 Å². The van der Waals surface area contributed by atoms with Crippen molar-refractivity contribution in [3.63, 3.8) is 0 Å². The summed E-state index contributed by atoms with van der Waals surface area (Å²) >= 11 is 0. The number of rotatable bonds is 6. The molecule has 1 aliphatic rings. The van der Waals surface area contributed by atoms with Crippen LogP contribution in [0.5, 0.6) is 5.75 Å². The van der Waals surface area contributed by atoms with Gasteiger partial charge in [0, 0.05) is 38.3 Å². The first kappa shape index (κ1) is 21.0. The van der Waals surface area contributed by atoms with Gasteiger partial charge in [-0.2, -0.15) is 0 Å². The number of carbonyl (C=O) groups excluding carboxylic acids is 1. The summed E-state index contributed by atoms with van der Waals surface area (Å²) in [5.41, 5.74) is 0.302. The third-order valence-electron chi connectivity index (χ3n) is 5.15. The zero-order valence-electron chi connectivity index (χ0n) is 16.7. The summed E-state index contributed by atoms with van der Waals surface area (Å²) in [6, 6.07) is 13.0. The molecule has 0 unspecified atom stereocenters. The van der Waals surface area contributed by atoms with Crippen LogP contribution in [0.1, 0.15) is 21.9 Å². The average molecular weight is 430 g/mol. The molecule has 0 saturated carbocycles. The van der Waals surface area contributed by atoms with E-state index in [0.29, 0.717) is 43.3 Å². The molecule has 5 nitrogen and oxygen atoms in total. The van der Waals surface area contributed by atoms with E-state index in [-0.39, 0.29) is 30.6 Å². The molecule has 2 aromatic carbocycles. The molecule has 0 bridgehead atoms. The Morgan fingerprint density at radius 3 is 2.42 bits per heavy atom. The van der Waals surface area contributed by atoms with Crippen LogP contribution in [0.4, 0.5) is 13.2 Å². The number of halogens is 3. The number of ether oxygens (including phenoxy) is 1.